The SMILES string of the molecule is C=CCOC(=O)c1sc(NC(=O)C(CC)Oc2c(-c3ccc(Cl)cc3)oc3ccccc3c2=O)nc1C. The Kier molecular flexibility index (Phi) is 8.05. The fourth-order valence-electron chi connectivity index (χ4n) is 3.51. The molecule has 0 aliphatic heterocycles. The summed E-state index contributed by atoms with van der Waals surface area (Å²) in [5.41, 5.74) is 0.964. The smallest absolute Gasteiger partial charge is 0.350 e. The van der Waals surface area contributed by atoms with Crippen molar-refractivity contribution in [2.24, 2.45) is 0 Å². The van der Waals surface area contributed by atoms with Crippen LogP contribution in [0.25, 0.3) is 22.3 Å². The van der Waals surface area contributed by atoms with Crippen LogP contribution >= 0.6 is 22.9 Å². The Bertz CT molecular complexity index is 1530. The van der Waals surface area contributed by atoms with Crippen LogP contribution in [-0.4, -0.2) is 29.6 Å². The van der Waals surface area contributed by atoms with Gasteiger partial charge < -0.3 is 13.9 Å². The van der Waals surface area contributed by atoms with Crippen LogP contribution in [-0.2, 0) is 9.53 Å². The third-order valence-electron chi connectivity index (χ3n) is 5.33. The fraction of sp³-hybridized carbons (Fsp3) is 0.185. The topological polar surface area (TPSA) is 108 Å². The molecular formula is C27H23ClN2O6S. The number of anilines is 1. The van der Waals surface area contributed by atoms with Gasteiger partial charge in [-0.2, -0.15) is 0 Å². The third-order valence-corrected chi connectivity index (χ3v) is 6.64. The summed E-state index contributed by atoms with van der Waals surface area (Å²) in [4.78, 5) is 43.3. The minimum atomic E-state index is -1.05. The molecule has 0 saturated carbocycles. The van der Waals surface area contributed by atoms with Crippen molar-refractivity contribution in [2.45, 2.75) is 26.4 Å². The van der Waals surface area contributed by atoms with Crippen molar-refractivity contribution in [3.63, 3.8) is 0 Å². The number of hydrogen-bond donors (Lipinski definition) is 1. The third kappa shape index (κ3) is 5.73. The number of aryl methyl sites for hydroxylation is 1. The van der Waals surface area contributed by atoms with Crippen LogP contribution in [0.3, 0.4) is 0 Å². The monoisotopic (exact) mass is 538 g/mol. The number of benzene rings is 2. The number of amides is 1. The molecule has 4 aromatic rings. The van der Waals surface area contributed by atoms with Gasteiger partial charge in [0.25, 0.3) is 5.91 Å². The first kappa shape index (κ1) is 26.1. The second kappa shape index (κ2) is 11.4. The second-order valence-corrected chi connectivity index (χ2v) is 9.35. The van der Waals surface area contributed by atoms with E-state index < -0.39 is 23.4 Å². The molecule has 190 valence electrons. The van der Waals surface area contributed by atoms with Crippen LogP contribution in [0.15, 0.2) is 70.4 Å². The van der Waals surface area contributed by atoms with Crippen molar-refractivity contribution in [3.05, 3.63) is 87.0 Å². The lowest BCUT2D eigenvalue weighted by molar-refractivity contribution is -0.122. The molecule has 1 atom stereocenters. The number of esters is 1. The van der Waals surface area contributed by atoms with Crippen LogP contribution in [0.2, 0.25) is 5.02 Å². The number of nitrogens with one attached hydrogen (secondary N) is 1. The standard InChI is InChI=1S/C27H23ClN2O6S/c1-4-14-34-26(33)24-15(3)29-27(37-24)30-25(32)19(5-2)35-23-21(31)18-8-6-7-9-20(18)36-22(23)16-10-12-17(28)13-11-16/h4,6-13,19H,1,5,14H2,2-3H3,(H,29,30,32). The van der Waals surface area contributed by atoms with Crippen LogP contribution in [0.1, 0.15) is 28.7 Å². The molecule has 37 heavy (non-hydrogen) atoms. The highest BCUT2D eigenvalue weighted by atomic mass is 35.5. The van der Waals surface area contributed by atoms with Crippen molar-refractivity contribution >= 4 is 50.9 Å². The maximum atomic E-state index is 13.4. The summed E-state index contributed by atoms with van der Waals surface area (Å²) in [6.45, 7) is 6.97. The first-order valence-electron chi connectivity index (χ1n) is 11.4. The average molecular weight is 539 g/mol. The number of carbonyl (C=O) groups excluding carboxylic acids is 2. The van der Waals surface area contributed by atoms with E-state index in [0.717, 1.165) is 11.3 Å². The lowest BCUT2D eigenvalue weighted by atomic mass is 10.1. The van der Waals surface area contributed by atoms with Gasteiger partial charge >= 0.3 is 5.97 Å². The summed E-state index contributed by atoms with van der Waals surface area (Å²) >= 11 is 7.02. The predicted octanol–water partition coefficient (Wildman–Crippen LogP) is 6.02. The number of fused-ring (bicyclic) bond motifs is 1. The van der Waals surface area contributed by atoms with Crippen LogP contribution < -0.4 is 15.5 Å². The van der Waals surface area contributed by atoms with Gasteiger partial charge in [0.2, 0.25) is 11.2 Å². The van der Waals surface area contributed by atoms with Gasteiger partial charge in [0, 0.05) is 10.6 Å². The molecule has 1 amide bonds. The lowest BCUT2D eigenvalue weighted by Gasteiger charge is -2.18. The van der Waals surface area contributed by atoms with Gasteiger partial charge in [0.15, 0.2) is 17.0 Å². The molecule has 0 fully saturated rings. The molecule has 0 aliphatic rings. The van der Waals surface area contributed by atoms with E-state index in [4.69, 9.17) is 25.5 Å². The van der Waals surface area contributed by atoms with E-state index in [-0.39, 0.29) is 34.5 Å². The number of rotatable bonds is 9. The number of para-hydroxylation sites is 1. The van der Waals surface area contributed by atoms with E-state index in [1.165, 1.54) is 6.08 Å². The summed E-state index contributed by atoms with van der Waals surface area (Å²) in [7, 11) is 0. The number of halogens is 1. The van der Waals surface area contributed by atoms with E-state index in [2.05, 4.69) is 16.9 Å². The van der Waals surface area contributed by atoms with E-state index >= 15 is 0 Å². The van der Waals surface area contributed by atoms with Gasteiger partial charge in [-0.1, -0.05) is 54.6 Å². The van der Waals surface area contributed by atoms with Crippen molar-refractivity contribution in [1.29, 1.82) is 0 Å². The first-order chi connectivity index (χ1) is 17.8. The van der Waals surface area contributed by atoms with Gasteiger partial charge in [-0.05, 0) is 49.7 Å². The molecule has 8 nitrogen and oxygen atoms in total. The Morgan fingerprint density at radius 3 is 2.65 bits per heavy atom. The van der Waals surface area contributed by atoms with Crippen LogP contribution in [0, 0.1) is 6.92 Å². The van der Waals surface area contributed by atoms with Gasteiger partial charge in [0.05, 0.1) is 11.1 Å². The average Bonchev–Trinajstić information content (AvgIpc) is 3.26. The molecule has 0 radical (unpaired) electrons. The Hall–Kier alpha value is -3.95. The second-order valence-electron chi connectivity index (χ2n) is 7.92. The summed E-state index contributed by atoms with van der Waals surface area (Å²) in [5, 5.41) is 3.72. The molecule has 4 rings (SSSR count). The molecule has 0 aliphatic carbocycles. The highest BCUT2D eigenvalue weighted by Gasteiger charge is 2.26. The van der Waals surface area contributed by atoms with E-state index in [9.17, 15) is 14.4 Å². The summed E-state index contributed by atoms with van der Waals surface area (Å²) in [5.74, 6) is -0.993. The molecule has 1 unspecified atom stereocenters. The molecule has 0 saturated heterocycles. The van der Waals surface area contributed by atoms with Crippen molar-refractivity contribution in [3.8, 4) is 17.1 Å². The number of hydrogen-bond acceptors (Lipinski definition) is 8. The van der Waals surface area contributed by atoms with Crippen molar-refractivity contribution < 1.29 is 23.5 Å². The van der Waals surface area contributed by atoms with Crippen molar-refractivity contribution in [1.82, 2.24) is 4.98 Å². The van der Waals surface area contributed by atoms with Gasteiger partial charge in [-0.3, -0.25) is 14.9 Å². The molecular weight excluding hydrogens is 516 g/mol. The van der Waals surface area contributed by atoms with Gasteiger partial charge in [-0.25, -0.2) is 9.78 Å². The summed E-state index contributed by atoms with van der Waals surface area (Å²) in [6, 6.07) is 13.5. The Balaban J connectivity index is 1.65. The summed E-state index contributed by atoms with van der Waals surface area (Å²) < 4.78 is 17.1. The molecule has 2 aromatic heterocycles. The maximum Gasteiger partial charge on any atom is 0.350 e. The van der Waals surface area contributed by atoms with Crippen molar-refractivity contribution in [2.75, 3.05) is 11.9 Å². The predicted molar refractivity (Wildman–Crippen MR) is 144 cm³/mol. The number of nitrogens with zero attached hydrogens (tertiary/aromatic N) is 1. The summed E-state index contributed by atoms with van der Waals surface area (Å²) in [6.07, 6.45) is 0.661. The minimum Gasteiger partial charge on any atom is -0.473 e. The minimum absolute atomic E-state index is 0.0634. The zero-order valence-electron chi connectivity index (χ0n) is 20.1. The Labute approximate surface area is 221 Å². The Morgan fingerprint density at radius 1 is 1.22 bits per heavy atom. The fourth-order valence-corrected chi connectivity index (χ4v) is 4.50. The van der Waals surface area contributed by atoms with Gasteiger partial charge in [0.1, 0.15) is 17.1 Å². The van der Waals surface area contributed by atoms with E-state index in [0.29, 0.717) is 27.2 Å². The number of aromatic nitrogens is 1. The Morgan fingerprint density at radius 2 is 1.95 bits per heavy atom. The van der Waals surface area contributed by atoms with E-state index in [1.807, 2.05) is 0 Å². The lowest BCUT2D eigenvalue weighted by Crippen LogP contribution is -2.34. The number of thiazole rings is 1. The first-order valence-corrected chi connectivity index (χ1v) is 12.6. The molecule has 1 N–H and O–H groups in total. The molecule has 0 spiro atoms. The number of ether oxygens (including phenoxy) is 2. The highest BCUT2D eigenvalue weighted by Crippen LogP contribution is 2.33. The quantitative estimate of drug-likeness (QED) is 0.205. The van der Waals surface area contributed by atoms with Gasteiger partial charge in [-0.15, -0.1) is 0 Å². The van der Waals surface area contributed by atoms with Crippen LogP contribution in [0.4, 0.5) is 5.13 Å². The van der Waals surface area contributed by atoms with E-state index in [1.54, 1.807) is 62.4 Å². The zero-order chi connectivity index (χ0) is 26.5. The maximum absolute atomic E-state index is 13.4. The highest BCUT2D eigenvalue weighted by molar-refractivity contribution is 7.17. The zero-order valence-corrected chi connectivity index (χ0v) is 21.7. The molecule has 10 heteroatoms. The molecule has 0 bridgehead atoms. The molecule has 2 heterocycles. The van der Waals surface area contributed by atoms with Crippen LogP contribution in [0.5, 0.6) is 5.75 Å². The largest absolute Gasteiger partial charge is 0.473 e. The molecule has 2 aromatic carbocycles. The number of carbonyl (C=O) groups is 2. The normalized spacial score (nSPS) is 11.6.